The van der Waals surface area contributed by atoms with E-state index in [4.69, 9.17) is 5.26 Å². The Morgan fingerprint density at radius 1 is 1.47 bits per heavy atom. The average Bonchev–Trinajstić information content (AvgIpc) is 2.46. The molecule has 0 aliphatic heterocycles. The van der Waals surface area contributed by atoms with E-state index < -0.39 is 0 Å². The second-order valence-electron chi connectivity index (χ2n) is 4.13. The minimum Gasteiger partial charge on any atom is -0.370 e. The molecule has 1 aromatic rings. The highest BCUT2D eigenvalue weighted by molar-refractivity contribution is 5.92. The first-order chi connectivity index (χ1) is 9.22. The largest absolute Gasteiger partial charge is 0.370 e. The highest BCUT2D eigenvalue weighted by Crippen LogP contribution is 2.08. The first kappa shape index (κ1) is 15.0. The number of rotatable bonds is 7. The van der Waals surface area contributed by atoms with Crippen LogP contribution in [0.25, 0.3) is 0 Å². The van der Waals surface area contributed by atoms with Crippen LogP contribution in [0, 0.1) is 11.3 Å². The molecule has 0 aliphatic carbocycles. The fourth-order valence-corrected chi connectivity index (χ4v) is 1.66. The van der Waals surface area contributed by atoms with E-state index in [0.717, 1.165) is 13.0 Å². The molecule has 1 N–H and O–H groups in total. The molecule has 0 atom stereocenters. The molecule has 0 fully saturated rings. The van der Waals surface area contributed by atoms with Crippen LogP contribution < -0.4 is 5.32 Å². The van der Waals surface area contributed by atoms with E-state index in [9.17, 15) is 4.79 Å². The van der Waals surface area contributed by atoms with Crippen LogP contribution in [0.3, 0.4) is 0 Å². The third-order valence-electron chi connectivity index (χ3n) is 2.69. The van der Waals surface area contributed by atoms with Crippen molar-refractivity contribution in [1.82, 2.24) is 9.88 Å². The highest BCUT2D eigenvalue weighted by atomic mass is 16.2. The lowest BCUT2D eigenvalue weighted by Gasteiger charge is -2.19. The number of pyridine rings is 1. The summed E-state index contributed by atoms with van der Waals surface area (Å²) in [7, 11) is 0. The maximum atomic E-state index is 12.2. The Morgan fingerprint density at radius 2 is 2.26 bits per heavy atom. The zero-order chi connectivity index (χ0) is 14.1. The fourth-order valence-electron chi connectivity index (χ4n) is 1.66. The van der Waals surface area contributed by atoms with Crippen molar-refractivity contribution in [2.24, 2.45) is 0 Å². The molecular formula is C14H20N4O. The number of aromatic nitrogens is 1. The maximum absolute atomic E-state index is 12.2. The summed E-state index contributed by atoms with van der Waals surface area (Å²) in [5.74, 6) is 0.585. The third kappa shape index (κ3) is 4.59. The zero-order valence-corrected chi connectivity index (χ0v) is 11.5. The van der Waals surface area contributed by atoms with Crippen LogP contribution in [0.15, 0.2) is 18.2 Å². The van der Waals surface area contributed by atoms with Gasteiger partial charge in [-0.2, -0.15) is 5.26 Å². The van der Waals surface area contributed by atoms with Crippen LogP contribution in [0.4, 0.5) is 5.82 Å². The Kier molecular flexibility index (Phi) is 6.37. The van der Waals surface area contributed by atoms with Crippen LogP contribution in [-0.4, -0.2) is 35.4 Å². The molecule has 1 amide bonds. The fraction of sp³-hybridized carbons (Fsp3) is 0.500. The van der Waals surface area contributed by atoms with Crippen molar-refractivity contribution in [2.75, 3.05) is 25.0 Å². The minimum absolute atomic E-state index is 0.127. The van der Waals surface area contributed by atoms with E-state index in [-0.39, 0.29) is 5.91 Å². The minimum atomic E-state index is -0.127. The van der Waals surface area contributed by atoms with E-state index >= 15 is 0 Å². The lowest BCUT2D eigenvalue weighted by molar-refractivity contribution is 0.0762. The molecule has 19 heavy (non-hydrogen) atoms. The van der Waals surface area contributed by atoms with Crippen molar-refractivity contribution < 1.29 is 4.79 Å². The first-order valence-corrected chi connectivity index (χ1v) is 6.60. The number of nitriles is 1. The topological polar surface area (TPSA) is 69.0 Å². The van der Waals surface area contributed by atoms with E-state index in [2.05, 4.69) is 23.3 Å². The summed E-state index contributed by atoms with van der Waals surface area (Å²) in [6.45, 7) is 5.82. The predicted octanol–water partition coefficient (Wildman–Crippen LogP) is 2.28. The van der Waals surface area contributed by atoms with Gasteiger partial charge in [-0.1, -0.05) is 13.0 Å². The Morgan fingerprint density at radius 3 is 2.89 bits per heavy atom. The average molecular weight is 260 g/mol. The smallest absolute Gasteiger partial charge is 0.272 e. The van der Waals surface area contributed by atoms with Crippen LogP contribution >= 0.6 is 0 Å². The van der Waals surface area contributed by atoms with Crippen LogP contribution in [0.5, 0.6) is 0 Å². The van der Waals surface area contributed by atoms with Gasteiger partial charge in [0.15, 0.2) is 0 Å². The van der Waals surface area contributed by atoms with Gasteiger partial charge in [0.05, 0.1) is 12.5 Å². The summed E-state index contributed by atoms with van der Waals surface area (Å²) >= 11 is 0. The summed E-state index contributed by atoms with van der Waals surface area (Å²) in [6, 6.07) is 7.42. The van der Waals surface area contributed by atoms with Gasteiger partial charge in [0, 0.05) is 19.6 Å². The van der Waals surface area contributed by atoms with Gasteiger partial charge < -0.3 is 10.2 Å². The molecule has 1 aromatic heterocycles. The standard InChI is InChI=1S/C14H20N4O/c1-3-10-16-13-8-5-7-12(17-13)14(19)18(4-2)11-6-9-15/h5,7-8H,3-4,6,10-11H2,1-2H3,(H,16,17). The van der Waals surface area contributed by atoms with Crippen LogP contribution in [0.2, 0.25) is 0 Å². The van der Waals surface area contributed by atoms with E-state index in [1.54, 1.807) is 11.0 Å². The molecule has 0 saturated carbocycles. The van der Waals surface area contributed by atoms with Crippen molar-refractivity contribution in [3.05, 3.63) is 23.9 Å². The number of carbonyl (C=O) groups excluding carboxylic acids is 1. The molecule has 0 aromatic carbocycles. The van der Waals surface area contributed by atoms with Gasteiger partial charge in [0.2, 0.25) is 0 Å². The van der Waals surface area contributed by atoms with Gasteiger partial charge >= 0.3 is 0 Å². The SMILES string of the molecule is CCCNc1cccc(C(=O)N(CC)CCC#N)n1. The van der Waals surface area contributed by atoms with Gasteiger partial charge in [-0.25, -0.2) is 4.98 Å². The second-order valence-corrected chi connectivity index (χ2v) is 4.13. The molecule has 0 saturated heterocycles. The number of hydrogen-bond acceptors (Lipinski definition) is 4. The Labute approximate surface area is 114 Å². The van der Waals surface area contributed by atoms with Crippen molar-refractivity contribution in [1.29, 1.82) is 5.26 Å². The van der Waals surface area contributed by atoms with Crippen molar-refractivity contribution in [2.45, 2.75) is 26.7 Å². The molecule has 0 unspecified atom stereocenters. The highest BCUT2D eigenvalue weighted by Gasteiger charge is 2.15. The van der Waals surface area contributed by atoms with Crippen molar-refractivity contribution in [3.8, 4) is 6.07 Å². The molecule has 0 radical (unpaired) electrons. The number of hydrogen-bond donors (Lipinski definition) is 1. The van der Waals surface area contributed by atoms with Crippen LogP contribution in [-0.2, 0) is 0 Å². The van der Waals surface area contributed by atoms with E-state index in [1.165, 1.54) is 0 Å². The number of nitrogens with one attached hydrogen (secondary N) is 1. The Bertz CT molecular complexity index is 453. The quantitative estimate of drug-likeness (QED) is 0.816. The lowest BCUT2D eigenvalue weighted by atomic mass is 10.3. The van der Waals surface area contributed by atoms with E-state index in [1.807, 2.05) is 19.1 Å². The summed E-state index contributed by atoms with van der Waals surface area (Å²) in [4.78, 5) is 18.2. The predicted molar refractivity (Wildman–Crippen MR) is 74.8 cm³/mol. The summed E-state index contributed by atoms with van der Waals surface area (Å²) in [5, 5.41) is 11.7. The molecule has 1 heterocycles. The van der Waals surface area contributed by atoms with Crippen molar-refractivity contribution in [3.63, 3.8) is 0 Å². The number of anilines is 1. The van der Waals surface area contributed by atoms with Crippen LogP contribution in [0.1, 0.15) is 37.2 Å². The Hall–Kier alpha value is -2.09. The molecule has 5 heteroatoms. The molecule has 0 spiro atoms. The van der Waals surface area contributed by atoms with Gasteiger partial charge in [-0.3, -0.25) is 4.79 Å². The van der Waals surface area contributed by atoms with Gasteiger partial charge in [-0.05, 0) is 25.5 Å². The molecule has 0 bridgehead atoms. The Balaban J connectivity index is 2.77. The van der Waals surface area contributed by atoms with Crippen molar-refractivity contribution >= 4 is 11.7 Å². The van der Waals surface area contributed by atoms with E-state index in [0.29, 0.717) is 31.0 Å². The summed E-state index contributed by atoms with van der Waals surface area (Å²) < 4.78 is 0. The van der Waals surface area contributed by atoms with Gasteiger partial charge in [0.25, 0.3) is 5.91 Å². The first-order valence-electron chi connectivity index (χ1n) is 6.60. The molecule has 102 valence electrons. The normalized spacial score (nSPS) is 9.74. The number of carbonyl (C=O) groups is 1. The number of nitrogens with zero attached hydrogens (tertiary/aromatic N) is 3. The maximum Gasteiger partial charge on any atom is 0.272 e. The zero-order valence-electron chi connectivity index (χ0n) is 11.5. The monoisotopic (exact) mass is 260 g/mol. The summed E-state index contributed by atoms with van der Waals surface area (Å²) in [5.41, 5.74) is 0.417. The lowest BCUT2D eigenvalue weighted by Crippen LogP contribution is -2.32. The number of amides is 1. The summed E-state index contributed by atoms with van der Waals surface area (Å²) in [6.07, 6.45) is 1.34. The molecule has 1 rings (SSSR count). The molecular weight excluding hydrogens is 240 g/mol. The van der Waals surface area contributed by atoms with Gasteiger partial charge in [-0.15, -0.1) is 0 Å². The molecule has 5 nitrogen and oxygen atoms in total. The molecule has 0 aliphatic rings. The van der Waals surface area contributed by atoms with Gasteiger partial charge in [0.1, 0.15) is 11.5 Å². The third-order valence-corrected chi connectivity index (χ3v) is 2.69. The second kappa shape index (κ2) is 8.09.